The van der Waals surface area contributed by atoms with Gasteiger partial charge in [0.2, 0.25) is 0 Å². The summed E-state index contributed by atoms with van der Waals surface area (Å²) in [6.45, 7) is 0.897. The molecule has 2 amide bonds. The van der Waals surface area contributed by atoms with Gasteiger partial charge in [0.15, 0.2) is 18.2 Å². The quantitative estimate of drug-likeness (QED) is 0.853. The third-order valence-corrected chi connectivity index (χ3v) is 4.54. The zero-order valence-corrected chi connectivity index (χ0v) is 15.6. The fraction of sp³-hybridized carbons (Fsp3) is 0.350. The van der Waals surface area contributed by atoms with Gasteiger partial charge in [-0.15, -0.1) is 0 Å². The van der Waals surface area contributed by atoms with Crippen LogP contribution < -0.4 is 15.6 Å². The highest BCUT2D eigenvalue weighted by Gasteiger charge is 2.20. The summed E-state index contributed by atoms with van der Waals surface area (Å²) in [5.74, 6) is -1.43. The first-order chi connectivity index (χ1) is 13.5. The van der Waals surface area contributed by atoms with Gasteiger partial charge in [0, 0.05) is 26.3 Å². The molecule has 1 aromatic carbocycles. The van der Waals surface area contributed by atoms with Crippen molar-refractivity contribution >= 4 is 17.5 Å². The summed E-state index contributed by atoms with van der Waals surface area (Å²) in [5.41, 5.74) is -0.142. The number of rotatable bonds is 5. The van der Waals surface area contributed by atoms with Crippen LogP contribution in [0.3, 0.4) is 0 Å². The molecule has 3 rings (SSSR count). The monoisotopic (exact) mass is 387 g/mol. The van der Waals surface area contributed by atoms with Gasteiger partial charge >= 0.3 is 0 Å². The van der Waals surface area contributed by atoms with Gasteiger partial charge in [-0.05, 0) is 37.5 Å². The predicted molar refractivity (Wildman–Crippen MR) is 102 cm³/mol. The number of ether oxygens (including phenoxy) is 1. The molecule has 1 aliphatic heterocycles. The first-order valence-corrected chi connectivity index (χ1v) is 9.13. The zero-order valence-electron chi connectivity index (χ0n) is 15.6. The number of likely N-dealkylation sites (tertiary alicyclic amines) is 1. The summed E-state index contributed by atoms with van der Waals surface area (Å²) >= 11 is 0. The molecule has 0 unspecified atom stereocenters. The molecule has 2 aromatic rings. The van der Waals surface area contributed by atoms with Gasteiger partial charge in [0.25, 0.3) is 17.4 Å². The highest BCUT2D eigenvalue weighted by Crippen LogP contribution is 2.16. The van der Waals surface area contributed by atoms with Crippen LogP contribution in [0.25, 0.3) is 0 Å². The van der Waals surface area contributed by atoms with Gasteiger partial charge in [0.1, 0.15) is 5.69 Å². The first kappa shape index (κ1) is 19.6. The number of hydrogen-bond donors (Lipinski definition) is 1. The summed E-state index contributed by atoms with van der Waals surface area (Å²) in [6.07, 6.45) is 4.47. The molecule has 1 aliphatic rings. The summed E-state index contributed by atoms with van der Waals surface area (Å²) in [4.78, 5) is 38.9. The van der Waals surface area contributed by atoms with Crippen LogP contribution in [0.1, 0.15) is 29.6 Å². The lowest BCUT2D eigenvalue weighted by Crippen LogP contribution is -2.36. The van der Waals surface area contributed by atoms with Crippen molar-refractivity contribution in [1.82, 2.24) is 9.47 Å². The molecular weight excluding hydrogens is 365 g/mol. The van der Waals surface area contributed by atoms with Gasteiger partial charge in [-0.3, -0.25) is 14.4 Å². The number of halogens is 1. The van der Waals surface area contributed by atoms with Crippen LogP contribution in [0.2, 0.25) is 0 Å². The second-order valence-corrected chi connectivity index (χ2v) is 6.68. The number of carbonyl (C=O) groups is 2. The Morgan fingerprint density at radius 1 is 1.18 bits per heavy atom. The lowest BCUT2D eigenvalue weighted by molar-refractivity contribution is -0.118. The maximum absolute atomic E-state index is 13.6. The molecule has 0 spiro atoms. The topological polar surface area (TPSA) is 80.6 Å². The number of nitrogens with zero attached hydrogens (tertiary/aromatic N) is 2. The zero-order chi connectivity index (χ0) is 20.1. The van der Waals surface area contributed by atoms with Crippen LogP contribution in [0.15, 0.2) is 41.3 Å². The Kier molecular flexibility index (Phi) is 6.08. The average molecular weight is 387 g/mol. The number of aromatic nitrogens is 1. The molecule has 1 fully saturated rings. The van der Waals surface area contributed by atoms with Crippen molar-refractivity contribution in [3.8, 4) is 5.75 Å². The fourth-order valence-corrected chi connectivity index (χ4v) is 3.09. The number of amides is 2. The Hall–Kier alpha value is -3.16. The molecule has 0 aliphatic carbocycles. The van der Waals surface area contributed by atoms with E-state index in [1.54, 1.807) is 11.0 Å². The second-order valence-electron chi connectivity index (χ2n) is 6.68. The van der Waals surface area contributed by atoms with Crippen molar-refractivity contribution < 1.29 is 18.7 Å². The largest absolute Gasteiger partial charge is 0.481 e. The lowest BCUT2D eigenvalue weighted by Gasteiger charge is -2.27. The Bertz CT molecular complexity index is 935. The number of aryl methyl sites for hydroxylation is 1. The van der Waals surface area contributed by atoms with Crippen LogP contribution in [0, 0.1) is 5.82 Å². The number of benzene rings is 1. The van der Waals surface area contributed by atoms with E-state index in [1.165, 1.54) is 42.1 Å². The van der Waals surface area contributed by atoms with Gasteiger partial charge in [-0.2, -0.15) is 0 Å². The summed E-state index contributed by atoms with van der Waals surface area (Å²) in [7, 11) is 1.51. The van der Waals surface area contributed by atoms with Crippen molar-refractivity contribution in [1.29, 1.82) is 0 Å². The molecular formula is C20H22FN3O4. The van der Waals surface area contributed by atoms with E-state index in [0.717, 1.165) is 19.3 Å². The van der Waals surface area contributed by atoms with Crippen molar-refractivity contribution in [2.45, 2.75) is 19.3 Å². The summed E-state index contributed by atoms with van der Waals surface area (Å²) in [5, 5.41) is 2.45. The van der Waals surface area contributed by atoms with Crippen molar-refractivity contribution in [3.63, 3.8) is 0 Å². The van der Waals surface area contributed by atoms with E-state index >= 15 is 0 Å². The summed E-state index contributed by atoms with van der Waals surface area (Å²) in [6, 6.07) is 7.09. The number of para-hydroxylation sites is 1. The maximum Gasteiger partial charge on any atom is 0.274 e. The first-order valence-electron chi connectivity index (χ1n) is 9.13. The Morgan fingerprint density at radius 3 is 2.61 bits per heavy atom. The number of piperidine rings is 1. The number of pyridine rings is 1. The van der Waals surface area contributed by atoms with Gasteiger partial charge < -0.3 is 19.5 Å². The lowest BCUT2D eigenvalue weighted by atomic mass is 10.1. The highest BCUT2D eigenvalue weighted by molar-refractivity contribution is 5.97. The van der Waals surface area contributed by atoms with Crippen molar-refractivity contribution in [2.24, 2.45) is 7.05 Å². The Morgan fingerprint density at radius 2 is 1.89 bits per heavy atom. The van der Waals surface area contributed by atoms with Crippen LogP contribution in [0.4, 0.5) is 10.1 Å². The third kappa shape index (κ3) is 4.57. The van der Waals surface area contributed by atoms with Crippen LogP contribution in [-0.4, -0.2) is 41.0 Å². The Labute approximate surface area is 161 Å². The maximum atomic E-state index is 13.6. The SMILES string of the molecule is Cn1cc(C(=O)N2CCCCC2)cc(NC(=O)COc2ccccc2F)c1=O. The highest BCUT2D eigenvalue weighted by atomic mass is 19.1. The number of hydrogen-bond acceptors (Lipinski definition) is 4. The molecule has 28 heavy (non-hydrogen) atoms. The van der Waals surface area contributed by atoms with E-state index in [-0.39, 0.29) is 17.3 Å². The van der Waals surface area contributed by atoms with Gasteiger partial charge in [-0.25, -0.2) is 4.39 Å². The van der Waals surface area contributed by atoms with Gasteiger partial charge in [-0.1, -0.05) is 12.1 Å². The minimum Gasteiger partial charge on any atom is -0.481 e. The molecule has 0 bridgehead atoms. The van der Waals surface area contributed by atoms with Crippen LogP contribution >= 0.6 is 0 Å². The minimum absolute atomic E-state index is 0.0208. The molecule has 0 radical (unpaired) electrons. The number of carbonyl (C=O) groups excluding carboxylic acids is 2. The standard InChI is InChI=1S/C20H22FN3O4/c1-23-12-14(19(26)24-9-5-2-6-10-24)11-16(20(23)27)22-18(25)13-28-17-8-4-3-7-15(17)21/h3-4,7-8,11-12H,2,5-6,9-10,13H2,1H3,(H,22,25). The van der Waals surface area contributed by atoms with E-state index in [0.29, 0.717) is 18.7 Å². The molecule has 1 N–H and O–H groups in total. The third-order valence-electron chi connectivity index (χ3n) is 4.54. The van der Waals surface area contributed by atoms with Crippen LogP contribution in [0.5, 0.6) is 5.75 Å². The molecule has 8 heteroatoms. The average Bonchev–Trinajstić information content (AvgIpc) is 2.70. The molecule has 2 heterocycles. The fourth-order valence-electron chi connectivity index (χ4n) is 3.09. The van der Waals surface area contributed by atoms with Crippen LogP contribution in [-0.2, 0) is 11.8 Å². The van der Waals surface area contributed by atoms with E-state index < -0.39 is 23.9 Å². The minimum atomic E-state index is -0.622. The normalized spacial score (nSPS) is 13.9. The Balaban J connectivity index is 1.71. The van der Waals surface area contributed by atoms with Crippen molar-refractivity contribution in [2.75, 3.05) is 25.0 Å². The van der Waals surface area contributed by atoms with E-state index in [4.69, 9.17) is 4.74 Å². The molecule has 148 valence electrons. The second kappa shape index (κ2) is 8.69. The smallest absolute Gasteiger partial charge is 0.274 e. The predicted octanol–water partition coefficient (Wildman–Crippen LogP) is 2.17. The molecule has 1 aromatic heterocycles. The molecule has 0 atom stereocenters. The van der Waals surface area contributed by atoms with E-state index in [1.807, 2.05) is 0 Å². The molecule has 1 saturated heterocycles. The van der Waals surface area contributed by atoms with Crippen molar-refractivity contribution in [3.05, 3.63) is 58.3 Å². The number of anilines is 1. The van der Waals surface area contributed by atoms with E-state index in [2.05, 4.69) is 5.32 Å². The molecule has 0 saturated carbocycles. The summed E-state index contributed by atoms with van der Waals surface area (Å²) < 4.78 is 19.9. The molecule has 7 nitrogen and oxygen atoms in total. The van der Waals surface area contributed by atoms with E-state index in [9.17, 15) is 18.8 Å². The number of nitrogens with one attached hydrogen (secondary N) is 1. The van der Waals surface area contributed by atoms with Gasteiger partial charge in [0.05, 0.1) is 5.56 Å².